The van der Waals surface area contributed by atoms with E-state index in [0.717, 1.165) is 54.0 Å². The highest BCUT2D eigenvalue weighted by atomic mass is 16.6. The molecule has 1 aliphatic heterocycles. The first-order valence-corrected chi connectivity index (χ1v) is 10.3. The summed E-state index contributed by atoms with van der Waals surface area (Å²) in [6, 6.07) is 6.22. The Morgan fingerprint density at radius 1 is 1.34 bits per heavy atom. The maximum Gasteiger partial charge on any atom is 0.335 e. The summed E-state index contributed by atoms with van der Waals surface area (Å²) in [6.45, 7) is 10.6. The molecule has 1 unspecified atom stereocenters. The summed E-state index contributed by atoms with van der Waals surface area (Å²) in [7, 11) is 1.39. The molecule has 5 nitrogen and oxygen atoms in total. The standard InChI is InChI=1S/C24H35NO4/c1-7-19(25)13-16(2)20(15-22(23(26)27-6)29-24(3,4)5)17-10-11-21-18(14-17)9-8-12-28-21/h10-11,13-14,22H,7-9,12,15,25H2,1-6H3/b19-13+,20-16+. The van der Waals surface area contributed by atoms with Crippen LogP contribution in [0, 0.1) is 0 Å². The van der Waals surface area contributed by atoms with Gasteiger partial charge in [-0.1, -0.05) is 13.0 Å². The van der Waals surface area contributed by atoms with Gasteiger partial charge in [-0.25, -0.2) is 4.79 Å². The molecule has 29 heavy (non-hydrogen) atoms. The summed E-state index contributed by atoms with van der Waals surface area (Å²) in [6.07, 6.45) is 4.45. The summed E-state index contributed by atoms with van der Waals surface area (Å²) >= 11 is 0. The van der Waals surface area contributed by atoms with E-state index in [4.69, 9.17) is 19.9 Å². The molecule has 2 rings (SSSR count). The largest absolute Gasteiger partial charge is 0.493 e. The van der Waals surface area contributed by atoms with Crippen LogP contribution < -0.4 is 10.5 Å². The van der Waals surface area contributed by atoms with Gasteiger partial charge in [-0.15, -0.1) is 0 Å². The van der Waals surface area contributed by atoms with E-state index in [0.29, 0.717) is 6.42 Å². The Balaban J connectivity index is 2.50. The molecule has 0 saturated carbocycles. The molecule has 0 saturated heterocycles. The molecular formula is C24H35NO4. The van der Waals surface area contributed by atoms with Crippen molar-refractivity contribution >= 4 is 11.5 Å². The Hall–Kier alpha value is -2.27. The average Bonchev–Trinajstić information content (AvgIpc) is 2.68. The van der Waals surface area contributed by atoms with Gasteiger partial charge in [0.2, 0.25) is 0 Å². The van der Waals surface area contributed by atoms with Crippen LogP contribution in [0.1, 0.15) is 65.0 Å². The monoisotopic (exact) mass is 401 g/mol. The predicted octanol–water partition coefficient (Wildman–Crippen LogP) is 4.78. The Labute approximate surface area is 174 Å². The van der Waals surface area contributed by atoms with Crippen molar-refractivity contribution in [2.45, 2.75) is 72.0 Å². The zero-order valence-electron chi connectivity index (χ0n) is 18.6. The molecule has 0 spiro atoms. The lowest BCUT2D eigenvalue weighted by Gasteiger charge is -2.27. The quantitative estimate of drug-likeness (QED) is 0.526. The molecule has 1 atom stereocenters. The fraction of sp³-hybridized carbons (Fsp3) is 0.542. The van der Waals surface area contributed by atoms with Crippen molar-refractivity contribution in [1.29, 1.82) is 0 Å². The van der Waals surface area contributed by atoms with E-state index >= 15 is 0 Å². The maximum absolute atomic E-state index is 12.5. The highest BCUT2D eigenvalue weighted by Crippen LogP contribution is 2.33. The summed E-state index contributed by atoms with van der Waals surface area (Å²) in [5.41, 5.74) is 10.7. The lowest BCUT2D eigenvalue weighted by atomic mass is 9.91. The van der Waals surface area contributed by atoms with Crippen LogP contribution in [0.25, 0.3) is 5.57 Å². The molecule has 1 heterocycles. The maximum atomic E-state index is 12.5. The summed E-state index contributed by atoms with van der Waals surface area (Å²) in [5, 5.41) is 0. The topological polar surface area (TPSA) is 70.8 Å². The van der Waals surface area contributed by atoms with E-state index < -0.39 is 11.7 Å². The Kier molecular flexibility index (Phi) is 7.91. The van der Waals surface area contributed by atoms with Gasteiger partial charge in [-0.05, 0) is 87.4 Å². The van der Waals surface area contributed by atoms with Crippen molar-refractivity contribution in [2.24, 2.45) is 5.73 Å². The number of esters is 1. The molecular weight excluding hydrogens is 366 g/mol. The third-order valence-corrected chi connectivity index (χ3v) is 4.89. The van der Waals surface area contributed by atoms with Gasteiger partial charge in [-0.2, -0.15) is 0 Å². The Morgan fingerprint density at radius 2 is 2.07 bits per heavy atom. The molecule has 0 fully saturated rings. The number of benzene rings is 1. The second kappa shape index (κ2) is 9.97. The van der Waals surface area contributed by atoms with Crippen molar-refractivity contribution in [3.63, 3.8) is 0 Å². The zero-order valence-corrected chi connectivity index (χ0v) is 18.6. The first kappa shape index (κ1) is 23.0. The average molecular weight is 402 g/mol. The van der Waals surface area contributed by atoms with Crippen molar-refractivity contribution in [2.75, 3.05) is 13.7 Å². The number of methoxy groups -OCH3 is 1. The Morgan fingerprint density at radius 3 is 2.69 bits per heavy atom. The van der Waals surface area contributed by atoms with Crippen LogP contribution in [-0.2, 0) is 20.7 Å². The molecule has 0 aliphatic carbocycles. The van der Waals surface area contributed by atoms with Crippen LogP contribution in [0.15, 0.2) is 35.5 Å². The second-order valence-electron chi connectivity index (χ2n) is 8.46. The summed E-state index contributed by atoms with van der Waals surface area (Å²) < 4.78 is 16.8. The van der Waals surface area contributed by atoms with E-state index in [1.807, 2.05) is 52.8 Å². The minimum atomic E-state index is -0.700. The van der Waals surface area contributed by atoms with Crippen LogP contribution in [0.2, 0.25) is 0 Å². The van der Waals surface area contributed by atoms with Crippen LogP contribution in [0.4, 0.5) is 0 Å². The number of nitrogens with two attached hydrogens (primary N) is 1. The number of fused-ring (bicyclic) bond motifs is 1. The smallest absolute Gasteiger partial charge is 0.335 e. The van der Waals surface area contributed by atoms with E-state index in [1.165, 1.54) is 12.7 Å². The molecule has 5 heteroatoms. The van der Waals surface area contributed by atoms with Crippen molar-refractivity contribution in [3.05, 3.63) is 46.7 Å². The highest BCUT2D eigenvalue weighted by Gasteiger charge is 2.28. The number of allylic oxidation sites excluding steroid dienone is 3. The normalized spacial score (nSPS) is 16.4. The van der Waals surface area contributed by atoms with Gasteiger partial charge in [0.15, 0.2) is 6.10 Å². The van der Waals surface area contributed by atoms with Gasteiger partial charge in [0.25, 0.3) is 0 Å². The van der Waals surface area contributed by atoms with E-state index in [9.17, 15) is 4.79 Å². The summed E-state index contributed by atoms with van der Waals surface area (Å²) in [4.78, 5) is 12.5. The van der Waals surface area contributed by atoms with E-state index in [-0.39, 0.29) is 5.97 Å². The minimum absolute atomic E-state index is 0.376. The van der Waals surface area contributed by atoms with Gasteiger partial charge < -0.3 is 19.9 Å². The zero-order chi connectivity index (χ0) is 21.6. The highest BCUT2D eigenvalue weighted by molar-refractivity contribution is 5.80. The van der Waals surface area contributed by atoms with Crippen LogP contribution in [0.3, 0.4) is 0 Å². The Bertz CT molecular complexity index is 787. The molecule has 0 aromatic heterocycles. The fourth-order valence-electron chi connectivity index (χ4n) is 3.44. The van der Waals surface area contributed by atoms with Crippen LogP contribution >= 0.6 is 0 Å². The number of ether oxygens (including phenoxy) is 3. The third kappa shape index (κ3) is 6.64. The van der Waals surface area contributed by atoms with Gasteiger partial charge in [0.1, 0.15) is 5.75 Å². The molecule has 0 radical (unpaired) electrons. The van der Waals surface area contributed by atoms with E-state index in [2.05, 4.69) is 6.07 Å². The van der Waals surface area contributed by atoms with Crippen LogP contribution in [-0.4, -0.2) is 31.4 Å². The van der Waals surface area contributed by atoms with Gasteiger partial charge in [0, 0.05) is 12.1 Å². The third-order valence-electron chi connectivity index (χ3n) is 4.89. The SMILES string of the molecule is CC/C(N)=C\C(C)=C(/CC(OC(C)(C)C)C(=O)OC)c1ccc2c(c1)CCCO2. The van der Waals surface area contributed by atoms with Gasteiger partial charge in [0.05, 0.1) is 19.3 Å². The number of carbonyl (C=O) groups excluding carboxylic acids is 1. The second-order valence-corrected chi connectivity index (χ2v) is 8.46. The van der Waals surface area contributed by atoms with Crippen molar-refractivity contribution in [3.8, 4) is 5.75 Å². The number of aryl methyl sites for hydroxylation is 1. The first-order chi connectivity index (χ1) is 13.6. The van der Waals surface area contributed by atoms with Gasteiger partial charge >= 0.3 is 5.97 Å². The summed E-state index contributed by atoms with van der Waals surface area (Å²) in [5.74, 6) is 0.565. The number of rotatable bonds is 7. The fourth-order valence-corrected chi connectivity index (χ4v) is 3.44. The van der Waals surface area contributed by atoms with Gasteiger partial charge in [-0.3, -0.25) is 0 Å². The lowest BCUT2D eigenvalue weighted by Crippen LogP contribution is -2.34. The minimum Gasteiger partial charge on any atom is -0.493 e. The number of hydrogen-bond donors (Lipinski definition) is 1. The molecule has 1 aromatic rings. The molecule has 0 bridgehead atoms. The molecule has 1 aromatic carbocycles. The van der Waals surface area contributed by atoms with Crippen LogP contribution in [0.5, 0.6) is 5.75 Å². The van der Waals surface area contributed by atoms with E-state index in [1.54, 1.807) is 0 Å². The van der Waals surface area contributed by atoms with Crippen molar-refractivity contribution in [1.82, 2.24) is 0 Å². The lowest BCUT2D eigenvalue weighted by molar-refractivity contribution is -0.162. The number of hydrogen-bond acceptors (Lipinski definition) is 5. The molecule has 2 N–H and O–H groups in total. The predicted molar refractivity (Wildman–Crippen MR) is 117 cm³/mol. The molecule has 1 aliphatic rings. The molecule has 0 amide bonds. The molecule has 160 valence electrons. The first-order valence-electron chi connectivity index (χ1n) is 10.3. The number of carbonyl (C=O) groups is 1. The van der Waals surface area contributed by atoms with Crippen molar-refractivity contribution < 1.29 is 19.0 Å².